The minimum Gasteiger partial charge on any atom is -0.478 e. The van der Waals surface area contributed by atoms with E-state index in [1.165, 1.54) is 4.68 Å². The Kier molecular flexibility index (Phi) is 4.74. The molecule has 1 N–H and O–H groups in total. The van der Waals surface area contributed by atoms with E-state index in [9.17, 15) is 14.7 Å². The number of carboxylic acids is 1. The molecule has 0 aromatic heterocycles. The molecule has 1 aromatic carbocycles. The number of carbonyl (C=O) groups is 1. The van der Waals surface area contributed by atoms with Gasteiger partial charge in [-0.3, -0.25) is 9.69 Å². The second-order valence-corrected chi connectivity index (χ2v) is 6.48. The second kappa shape index (κ2) is 7.34. The van der Waals surface area contributed by atoms with E-state index in [0.717, 1.165) is 19.6 Å². The highest BCUT2D eigenvalue weighted by atomic mass is 16.5. The molecule has 3 aliphatic heterocycles. The van der Waals surface area contributed by atoms with Gasteiger partial charge in [0.1, 0.15) is 11.3 Å². The summed E-state index contributed by atoms with van der Waals surface area (Å²) in [4.78, 5) is 26.8. The van der Waals surface area contributed by atoms with Crippen molar-refractivity contribution < 1.29 is 14.6 Å². The number of morpholine rings is 1. The molecule has 0 saturated carbocycles. The molecule has 3 aliphatic rings. The summed E-state index contributed by atoms with van der Waals surface area (Å²) >= 11 is 0. The van der Waals surface area contributed by atoms with Gasteiger partial charge in [0, 0.05) is 38.6 Å². The topological polar surface area (TPSA) is 89.6 Å². The van der Waals surface area contributed by atoms with E-state index in [4.69, 9.17) is 4.74 Å². The monoisotopic (exact) mass is 368 g/mol. The van der Waals surface area contributed by atoms with Gasteiger partial charge in [-0.2, -0.15) is 9.78 Å². The number of aromatic nitrogens is 3. The van der Waals surface area contributed by atoms with Crippen molar-refractivity contribution in [1.82, 2.24) is 19.2 Å². The number of fused-ring (bicyclic) bond motifs is 1. The first-order valence-corrected chi connectivity index (χ1v) is 8.85. The van der Waals surface area contributed by atoms with Crippen molar-refractivity contribution in [3.8, 4) is 16.9 Å². The molecule has 1 aromatic rings. The highest BCUT2D eigenvalue weighted by molar-refractivity contribution is 5.94. The molecule has 4 rings (SSSR count). The zero-order chi connectivity index (χ0) is 18.8. The van der Waals surface area contributed by atoms with E-state index in [-0.39, 0.29) is 16.8 Å². The molecule has 0 amide bonds. The number of nitrogens with zero attached hydrogens (tertiary/aromatic N) is 4. The fourth-order valence-corrected chi connectivity index (χ4v) is 3.27. The summed E-state index contributed by atoms with van der Waals surface area (Å²) in [7, 11) is 0. The van der Waals surface area contributed by atoms with E-state index >= 15 is 0 Å². The van der Waals surface area contributed by atoms with Crippen LogP contribution in [0.4, 0.5) is 0 Å². The number of carboxylic acid groups (broad SMARTS) is 1. The van der Waals surface area contributed by atoms with Crippen LogP contribution >= 0.6 is 0 Å². The number of hydrogen-bond acceptors (Lipinski definition) is 5. The van der Waals surface area contributed by atoms with Gasteiger partial charge >= 0.3 is 5.97 Å². The summed E-state index contributed by atoms with van der Waals surface area (Å²) in [6, 6.07) is 8.99. The van der Waals surface area contributed by atoms with Crippen molar-refractivity contribution in [3.63, 3.8) is 0 Å². The number of para-hydroxylation sites is 1. The van der Waals surface area contributed by atoms with Crippen LogP contribution in [0.5, 0.6) is 0 Å². The van der Waals surface area contributed by atoms with Crippen LogP contribution in [0.25, 0.3) is 16.9 Å². The normalized spacial score (nSPS) is 15.3. The third kappa shape index (κ3) is 3.49. The predicted octanol–water partition coefficient (Wildman–Crippen LogP) is 1.17. The number of pyridine rings is 1. The molecule has 1 saturated heterocycles. The molecule has 140 valence electrons. The van der Waals surface area contributed by atoms with Gasteiger partial charge in [-0.1, -0.05) is 18.2 Å². The van der Waals surface area contributed by atoms with E-state index in [1.54, 1.807) is 29.1 Å². The average Bonchev–Trinajstić information content (AvgIpc) is 3.04. The predicted molar refractivity (Wildman–Crippen MR) is 98.7 cm³/mol. The minimum atomic E-state index is -1.10. The lowest BCUT2D eigenvalue weighted by atomic mass is 10.1. The van der Waals surface area contributed by atoms with Crippen LogP contribution < -0.4 is 5.56 Å². The van der Waals surface area contributed by atoms with Gasteiger partial charge in [-0.25, -0.2) is 4.79 Å². The minimum absolute atomic E-state index is 0.0289. The van der Waals surface area contributed by atoms with Crippen LogP contribution in [0, 0.1) is 0 Å². The van der Waals surface area contributed by atoms with Crippen LogP contribution in [0.2, 0.25) is 0 Å². The summed E-state index contributed by atoms with van der Waals surface area (Å²) in [6.07, 6.45) is 3.24. The smallest absolute Gasteiger partial charge is 0.339 e. The Bertz CT molecular complexity index is 973. The largest absolute Gasteiger partial charge is 0.478 e. The Hall–Kier alpha value is -2.97. The van der Waals surface area contributed by atoms with E-state index in [1.807, 2.05) is 18.2 Å². The lowest BCUT2D eigenvalue weighted by Crippen LogP contribution is -2.38. The second-order valence-electron chi connectivity index (χ2n) is 6.48. The Morgan fingerprint density at radius 3 is 2.56 bits per heavy atom. The molecule has 27 heavy (non-hydrogen) atoms. The number of ether oxygens (including phenoxy) is 1. The summed E-state index contributed by atoms with van der Waals surface area (Å²) in [5, 5.41) is 13.9. The van der Waals surface area contributed by atoms with E-state index in [0.29, 0.717) is 31.0 Å². The van der Waals surface area contributed by atoms with Crippen LogP contribution in [-0.4, -0.2) is 63.2 Å². The first kappa shape index (κ1) is 17.4. The fraction of sp³-hybridized carbons (Fsp3) is 0.316. The molecular formula is C19H20N4O4. The quantitative estimate of drug-likeness (QED) is 0.727. The van der Waals surface area contributed by atoms with Gasteiger partial charge in [0.25, 0.3) is 5.56 Å². The average molecular weight is 368 g/mol. The number of hydrogen-bond donors (Lipinski definition) is 1. The molecule has 3 heterocycles. The molecule has 1 fully saturated rings. The van der Waals surface area contributed by atoms with Gasteiger partial charge in [-0.05, 0) is 12.1 Å². The third-order valence-electron chi connectivity index (χ3n) is 4.73. The summed E-state index contributed by atoms with van der Waals surface area (Å²) in [5.74, 6) is -1.10. The zero-order valence-corrected chi connectivity index (χ0v) is 14.7. The van der Waals surface area contributed by atoms with Crippen LogP contribution in [0.15, 0.2) is 47.5 Å². The zero-order valence-electron chi connectivity index (χ0n) is 14.7. The fourth-order valence-electron chi connectivity index (χ4n) is 3.27. The van der Waals surface area contributed by atoms with Crippen LogP contribution in [-0.2, 0) is 11.3 Å². The van der Waals surface area contributed by atoms with Crippen molar-refractivity contribution in [2.75, 3.05) is 32.8 Å². The molecule has 0 radical (unpaired) electrons. The van der Waals surface area contributed by atoms with Crippen molar-refractivity contribution >= 4 is 5.97 Å². The van der Waals surface area contributed by atoms with Gasteiger partial charge in [0.2, 0.25) is 0 Å². The highest BCUT2D eigenvalue weighted by Crippen LogP contribution is 2.22. The van der Waals surface area contributed by atoms with Crippen LogP contribution in [0.3, 0.4) is 0 Å². The molecule has 0 bridgehead atoms. The Morgan fingerprint density at radius 1 is 1.11 bits per heavy atom. The molecule has 8 heteroatoms. The molecular weight excluding hydrogens is 348 g/mol. The Balaban J connectivity index is 1.72. The Labute approximate surface area is 155 Å². The molecule has 0 aliphatic carbocycles. The maximum Gasteiger partial charge on any atom is 0.339 e. The number of rotatable bonds is 5. The van der Waals surface area contributed by atoms with E-state index < -0.39 is 5.97 Å². The van der Waals surface area contributed by atoms with Gasteiger partial charge in [0.05, 0.1) is 24.5 Å². The lowest BCUT2D eigenvalue weighted by molar-refractivity contribution is 0.0363. The molecule has 0 atom stereocenters. The van der Waals surface area contributed by atoms with Crippen molar-refractivity contribution in [2.24, 2.45) is 0 Å². The van der Waals surface area contributed by atoms with E-state index in [2.05, 4.69) is 10.00 Å². The number of benzene rings is 1. The molecule has 8 nitrogen and oxygen atoms in total. The Morgan fingerprint density at radius 2 is 1.85 bits per heavy atom. The van der Waals surface area contributed by atoms with Crippen molar-refractivity contribution in [1.29, 1.82) is 0 Å². The van der Waals surface area contributed by atoms with Gasteiger partial charge in [-0.15, -0.1) is 0 Å². The third-order valence-corrected chi connectivity index (χ3v) is 4.73. The summed E-state index contributed by atoms with van der Waals surface area (Å²) in [5.41, 5.74) is 0.829. The van der Waals surface area contributed by atoms with Gasteiger partial charge in [0.15, 0.2) is 0 Å². The molecule has 0 spiro atoms. The van der Waals surface area contributed by atoms with Crippen molar-refractivity contribution in [2.45, 2.75) is 6.54 Å². The summed E-state index contributed by atoms with van der Waals surface area (Å²) < 4.78 is 8.36. The lowest BCUT2D eigenvalue weighted by Gasteiger charge is -2.27. The van der Waals surface area contributed by atoms with Crippen LogP contribution in [0.1, 0.15) is 10.4 Å². The van der Waals surface area contributed by atoms with Gasteiger partial charge < -0.3 is 14.4 Å². The van der Waals surface area contributed by atoms with Crippen molar-refractivity contribution in [3.05, 3.63) is 58.6 Å². The highest BCUT2D eigenvalue weighted by Gasteiger charge is 2.24. The maximum absolute atomic E-state index is 12.8. The summed E-state index contributed by atoms with van der Waals surface area (Å²) in [6.45, 7) is 4.48. The first-order chi connectivity index (χ1) is 13.1. The first-order valence-electron chi connectivity index (χ1n) is 8.85. The number of aromatic carboxylic acids is 1. The maximum atomic E-state index is 12.8. The SMILES string of the molecule is O=C(O)c1cn(CCN2CCOCC2)cc2c(=O)n(-c3ccccc3)nc1-2. The standard InChI is InChI=1S/C19H20N4O4/c24-18-15-12-22(7-6-21-8-10-27-11-9-21)13-16(19(25)26)17(15)20-23(18)14-4-2-1-3-5-14/h1-5,12-13H,6-11H2,(H,25,26). The molecule has 0 unspecified atom stereocenters.